The quantitative estimate of drug-likeness (QED) is 0.401. The summed E-state index contributed by atoms with van der Waals surface area (Å²) < 4.78 is 5.24. The molecule has 4 nitrogen and oxygen atoms in total. The Morgan fingerprint density at radius 3 is 2.73 bits per heavy atom. The molecular formula is C21H18N2O2S. The Labute approximate surface area is 155 Å². The summed E-state index contributed by atoms with van der Waals surface area (Å²) in [6.07, 6.45) is 0. The largest absolute Gasteiger partial charge is 0.497 e. The second-order valence-corrected chi connectivity index (χ2v) is 7.17. The average molecular weight is 362 g/mol. The van der Waals surface area contributed by atoms with Crippen molar-refractivity contribution in [2.75, 3.05) is 12.9 Å². The molecule has 26 heavy (non-hydrogen) atoms. The molecule has 0 saturated heterocycles. The highest BCUT2D eigenvalue weighted by Crippen LogP contribution is 2.24. The van der Waals surface area contributed by atoms with Crippen molar-refractivity contribution in [2.24, 2.45) is 0 Å². The highest BCUT2D eigenvalue weighted by molar-refractivity contribution is 7.99. The minimum absolute atomic E-state index is 0.0874. The summed E-state index contributed by atoms with van der Waals surface area (Å²) in [5, 5.41) is 2.85. The third kappa shape index (κ3) is 3.30. The van der Waals surface area contributed by atoms with Crippen LogP contribution in [0.3, 0.4) is 0 Å². The zero-order valence-corrected chi connectivity index (χ0v) is 15.4. The van der Waals surface area contributed by atoms with E-state index in [1.54, 1.807) is 7.11 Å². The maximum Gasteiger partial charge on any atom is 0.173 e. The minimum atomic E-state index is 0.0874. The van der Waals surface area contributed by atoms with E-state index in [4.69, 9.17) is 4.74 Å². The van der Waals surface area contributed by atoms with Crippen LogP contribution in [0.5, 0.6) is 5.75 Å². The molecule has 0 atom stereocenters. The number of rotatable bonds is 5. The van der Waals surface area contributed by atoms with Crippen molar-refractivity contribution < 1.29 is 9.53 Å². The summed E-state index contributed by atoms with van der Waals surface area (Å²) in [5.74, 6) is 1.25. The second-order valence-electron chi connectivity index (χ2n) is 6.20. The van der Waals surface area contributed by atoms with Crippen molar-refractivity contribution in [3.8, 4) is 5.75 Å². The predicted octanol–water partition coefficient (Wildman–Crippen LogP) is 5.01. The number of carbonyl (C=O) groups excluding carboxylic acids is 1. The van der Waals surface area contributed by atoms with Gasteiger partial charge in [0.2, 0.25) is 0 Å². The normalized spacial score (nSPS) is 11.2. The number of ketones is 1. The van der Waals surface area contributed by atoms with Crippen LogP contribution in [0.1, 0.15) is 15.9 Å². The molecule has 0 fully saturated rings. The molecule has 3 aromatic carbocycles. The number of aryl methyl sites for hydroxylation is 1. The van der Waals surface area contributed by atoms with Gasteiger partial charge in [-0.25, -0.2) is 4.98 Å². The van der Waals surface area contributed by atoms with Crippen LogP contribution >= 0.6 is 11.8 Å². The van der Waals surface area contributed by atoms with Crippen LogP contribution in [0.2, 0.25) is 0 Å². The maximum absolute atomic E-state index is 12.6. The highest BCUT2D eigenvalue weighted by atomic mass is 32.2. The Bertz CT molecular complexity index is 1120. The topological polar surface area (TPSA) is 55.0 Å². The first-order chi connectivity index (χ1) is 12.6. The number of nitrogens with zero attached hydrogens (tertiary/aromatic N) is 1. The smallest absolute Gasteiger partial charge is 0.173 e. The number of Topliss-reactive ketones (excluding diaryl/α,β-unsaturated/α-hetero) is 1. The third-order valence-electron chi connectivity index (χ3n) is 4.33. The number of H-pyrrole nitrogens is 1. The number of aromatic nitrogens is 2. The molecule has 0 aliphatic heterocycles. The molecule has 4 aromatic rings. The van der Waals surface area contributed by atoms with Crippen LogP contribution in [0.25, 0.3) is 21.8 Å². The fraction of sp³-hybridized carbons (Fsp3) is 0.143. The molecule has 0 bridgehead atoms. The van der Waals surface area contributed by atoms with Gasteiger partial charge in [-0.05, 0) is 53.6 Å². The number of aromatic amines is 1. The molecule has 0 radical (unpaired) electrons. The Hall–Kier alpha value is -2.79. The molecule has 1 N–H and O–H groups in total. The zero-order valence-electron chi connectivity index (χ0n) is 14.6. The van der Waals surface area contributed by atoms with Crippen molar-refractivity contribution in [1.82, 2.24) is 9.97 Å². The lowest BCUT2D eigenvalue weighted by atomic mass is 10.0. The lowest BCUT2D eigenvalue weighted by Crippen LogP contribution is -2.02. The zero-order chi connectivity index (χ0) is 18.1. The Morgan fingerprint density at radius 2 is 1.88 bits per heavy atom. The number of benzene rings is 3. The van der Waals surface area contributed by atoms with Crippen molar-refractivity contribution in [1.29, 1.82) is 0 Å². The summed E-state index contributed by atoms with van der Waals surface area (Å²) in [7, 11) is 1.65. The van der Waals surface area contributed by atoms with Crippen LogP contribution in [0, 0.1) is 6.92 Å². The van der Waals surface area contributed by atoms with E-state index < -0.39 is 0 Å². The van der Waals surface area contributed by atoms with Crippen LogP contribution in [0.4, 0.5) is 0 Å². The number of hydrogen-bond donors (Lipinski definition) is 1. The van der Waals surface area contributed by atoms with E-state index in [0.29, 0.717) is 11.3 Å². The van der Waals surface area contributed by atoms with Crippen molar-refractivity contribution in [3.63, 3.8) is 0 Å². The summed E-state index contributed by atoms with van der Waals surface area (Å²) in [6.45, 7) is 2.05. The fourth-order valence-corrected chi connectivity index (χ4v) is 3.69. The van der Waals surface area contributed by atoms with Gasteiger partial charge in [0.15, 0.2) is 10.9 Å². The second kappa shape index (κ2) is 6.84. The van der Waals surface area contributed by atoms with E-state index in [-0.39, 0.29) is 5.78 Å². The van der Waals surface area contributed by atoms with Crippen LogP contribution in [0.15, 0.2) is 59.8 Å². The number of nitrogens with one attached hydrogen (secondary N) is 1. The number of methoxy groups -OCH3 is 1. The molecule has 0 aliphatic carbocycles. The minimum Gasteiger partial charge on any atom is -0.497 e. The summed E-state index contributed by atoms with van der Waals surface area (Å²) >= 11 is 1.43. The van der Waals surface area contributed by atoms with E-state index in [9.17, 15) is 4.79 Å². The van der Waals surface area contributed by atoms with Gasteiger partial charge >= 0.3 is 0 Å². The summed E-state index contributed by atoms with van der Waals surface area (Å²) in [4.78, 5) is 20.4. The van der Waals surface area contributed by atoms with E-state index in [0.717, 1.165) is 32.7 Å². The van der Waals surface area contributed by atoms with Crippen molar-refractivity contribution >= 4 is 39.4 Å². The molecule has 0 spiro atoms. The number of imidazole rings is 1. The highest BCUT2D eigenvalue weighted by Gasteiger charge is 2.10. The van der Waals surface area contributed by atoms with Crippen molar-refractivity contribution in [2.45, 2.75) is 12.1 Å². The van der Waals surface area contributed by atoms with Gasteiger partial charge in [0.1, 0.15) is 5.75 Å². The van der Waals surface area contributed by atoms with Gasteiger partial charge in [0, 0.05) is 5.56 Å². The van der Waals surface area contributed by atoms with E-state index in [2.05, 4.69) is 16.0 Å². The van der Waals surface area contributed by atoms with E-state index in [1.807, 2.05) is 55.5 Å². The SMILES string of the molecule is COc1ccc2cc(C(=O)CSc3nc4ccc(C)cc4[nH]3)ccc2c1. The van der Waals surface area contributed by atoms with Gasteiger partial charge < -0.3 is 9.72 Å². The molecule has 0 amide bonds. The first-order valence-corrected chi connectivity index (χ1v) is 9.31. The number of thioether (sulfide) groups is 1. The van der Waals surface area contributed by atoms with Gasteiger partial charge in [-0.15, -0.1) is 0 Å². The average Bonchev–Trinajstić information content (AvgIpc) is 3.07. The number of ether oxygens (including phenoxy) is 1. The van der Waals surface area contributed by atoms with Gasteiger partial charge in [0.25, 0.3) is 0 Å². The molecule has 0 saturated carbocycles. The van der Waals surface area contributed by atoms with E-state index >= 15 is 0 Å². The number of carbonyl (C=O) groups is 1. The number of fused-ring (bicyclic) bond motifs is 2. The first kappa shape index (κ1) is 16.7. The van der Waals surface area contributed by atoms with Gasteiger partial charge in [-0.2, -0.15) is 0 Å². The molecule has 130 valence electrons. The van der Waals surface area contributed by atoms with Crippen molar-refractivity contribution in [3.05, 3.63) is 65.7 Å². The van der Waals surface area contributed by atoms with E-state index in [1.165, 1.54) is 17.3 Å². The molecule has 4 rings (SSSR count). The van der Waals surface area contributed by atoms with Gasteiger partial charge in [-0.1, -0.05) is 36.0 Å². The van der Waals surface area contributed by atoms with Gasteiger partial charge in [0.05, 0.1) is 23.9 Å². The van der Waals surface area contributed by atoms with Crippen LogP contribution in [-0.4, -0.2) is 28.6 Å². The monoisotopic (exact) mass is 362 g/mol. The molecule has 1 aromatic heterocycles. The molecule has 0 unspecified atom stereocenters. The molecular weight excluding hydrogens is 344 g/mol. The summed E-state index contributed by atoms with van der Waals surface area (Å²) in [6, 6.07) is 17.7. The summed E-state index contributed by atoms with van der Waals surface area (Å²) in [5.41, 5.74) is 3.81. The predicted molar refractivity (Wildman–Crippen MR) is 106 cm³/mol. The third-order valence-corrected chi connectivity index (χ3v) is 5.20. The lowest BCUT2D eigenvalue weighted by Gasteiger charge is -2.05. The Kier molecular flexibility index (Phi) is 4.39. The Balaban J connectivity index is 1.50. The first-order valence-electron chi connectivity index (χ1n) is 8.32. The molecule has 0 aliphatic rings. The van der Waals surface area contributed by atoms with Gasteiger partial charge in [-0.3, -0.25) is 4.79 Å². The molecule has 1 heterocycles. The molecule has 5 heteroatoms. The standard InChI is InChI=1S/C21H18N2O2S/c1-13-3-8-18-19(9-13)23-21(22-18)26-12-20(24)16-5-4-15-11-17(25-2)7-6-14(15)10-16/h3-11H,12H2,1-2H3,(H,22,23). The lowest BCUT2D eigenvalue weighted by molar-refractivity contribution is 0.102. The Morgan fingerprint density at radius 1 is 1.08 bits per heavy atom. The van der Waals surface area contributed by atoms with Crippen LogP contribution in [-0.2, 0) is 0 Å². The fourth-order valence-electron chi connectivity index (χ4n) is 2.91. The number of hydrogen-bond acceptors (Lipinski definition) is 4. The van der Waals surface area contributed by atoms with Crippen LogP contribution < -0.4 is 4.74 Å². The maximum atomic E-state index is 12.6.